The number of furan rings is 1. The molecule has 2 aliphatic rings. The highest BCUT2D eigenvalue weighted by Crippen LogP contribution is 2.64. The van der Waals surface area contributed by atoms with E-state index in [4.69, 9.17) is 4.42 Å². The Kier molecular flexibility index (Phi) is 8.13. The largest absolute Gasteiger partial charge is 0.456 e. The zero-order chi connectivity index (χ0) is 42.2. The van der Waals surface area contributed by atoms with Gasteiger partial charge in [-0.2, -0.15) is 0 Å². The minimum atomic E-state index is -0.772. The molecule has 1 heterocycles. The molecule has 3 nitrogen and oxygen atoms in total. The van der Waals surface area contributed by atoms with Gasteiger partial charge in [-0.3, -0.25) is 0 Å². The van der Waals surface area contributed by atoms with Gasteiger partial charge in [0.1, 0.15) is 11.2 Å². The Hall–Kier alpha value is -8.40. The summed E-state index contributed by atoms with van der Waals surface area (Å²) in [6, 6.07) is 88.5. The smallest absolute Gasteiger partial charge is 0.136 e. The minimum Gasteiger partial charge on any atom is -0.456 e. The van der Waals surface area contributed by atoms with Crippen LogP contribution in [0, 0.1) is 0 Å². The van der Waals surface area contributed by atoms with Gasteiger partial charge < -0.3 is 14.2 Å². The molecular formula is C61H40N2O. The molecule has 0 aliphatic heterocycles. The second-order valence-electron chi connectivity index (χ2n) is 16.8. The maximum absolute atomic E-state index is 6.67. The van der Waals surface area contributed by atoms with Gasteiger partial charge in [-0.15, -0.1) is 0 Å². The zero-order valence-electron chi connectivity index (χ0n) is 34.9. The van der Waals surface area contributed by atoms with Crippen molar-refractivity contribution in [3.8, 4) is 33.4 Å². The van der Waals surface area contributed by atoms with Gasteiger partial charge in [0.15, 0.2) is 0 Å². The molecule has 0 fully saturated rings. The molecule has 0 radical (unpaired) electrons. The molecule has 0 saturated heterocycles. The lowest BCUT2D eigenvalue weighted by molar-refractivity contribution is 0.668. The third-order valence-electron chi connectivity index (χ3n) is 13.4. The number of rotatable bonds is 6. The molecule has 0 amide bonds. The summed E-state index contributed by atoms with van der Waals surface area (Å²) in [5.74, 6) is 0. The van der Waals surface area contributed by atoms with Gasteiger partial charge >= 0.3 is 0 Å². The Morgan fingerprint density at radius 3 is 1.23 bits per heavy atom. The first-order chi connectivity index (χ1) is 31.8. The highest BCUT2D eigenvalue weighted by Gasteiger charge is 2.51. The summed E-state index contributed by atoms with van der Waals surface area (Å²) >= 11 is 0. The van der Waals surface area contributed by atoms with E-state index in [0.717, 1.165) is 56.1 Å². The molecular weight excluding hydrogens is 777 g/mol. The van der Waals surface area contributed by atoms with Crippen molar-refractivity contribution in [2.75, 3.05) is 9.80 Å². The van der Waals surface area contributed by atoms with Crippen LogP contribution in [-0.4, -0.2) is 0 Å². The predicted molar refractivity (Wildman–Crippen MR) is 265 cm³/mol. The van der Waals surface area contributed by atoms with Crippen LogP contribution in [0.2, 0.25) is 0 Å². The number of fused-ring (bicyclic) bond motifs is 16. The van der Waals surface area contributed by atoms with E-state index in [2.05, 4.69) is 252 Å². The van der Waals surface area contributed by atoms with Gasteiger partial charge in [-0.25, -0.2) is 0 Å². The van der Waals surface area contributed by atoms with Crippen molar-refractivity contribution in [3.05, 3.63) is 265 Å². The van der Waals surface area contributed by atoms with E-state index in [-0.39, 0.29) is 0 Å². The molecule has 2 aliphatic carbocycles. The summed E-state index contributed by atoms with van der Waals surface area (Å²) in [7, 11) is 0. The van der Waals surface area contributed by atoms with Gasteiger partial charge in [0, 0.05) is 44.9 Å². The minimum absolute atomic E-state index is 0.772. The van der Waals surface area contributed by atoms with Crippen LogP contribution in [0.15, 0.2) is 247 Å². The molecule has 0 bridgehead atoms. The van der Waals surface area contributed by atoms with Crippen molar-refractivity contribution in [2.24, 2.45) is 0 Å². The molecule has 64 heavy (non-hydrogen) atoms. The van der Waals surface area contributed by atoms with E-state index < -0.39 is 5.41 Å². The number of hydrogen-bond acceptors (Lipinski definition) is 3. The first-order valence-corrected chi connectivity index (χ1v) is 22.0. The molecule has 300 valence electrons. The normalized spacial score (nSPS) is 12.8. The van der Waals surface area contributed by atoms with Gasteiger partial charge in [-0.05, 0) is 141 Å². The summed E-state index contributed by atoms with van der Waals surface area (Å²) in [4.78, 5) is 4.78. The SMILES string of the molecule is c1ccc(N(c2ccccc2)c2ccc3c(c2)C2(c4cc(N(c5ccccc5)c5ccccc5)ccc4-c4ccccc4-3)c3ccccc3-c3c2ccc2oc4ccccc4c32)cc1. The van der Waals surface area contributed by atoms with E-state index in [1.807, 2.05) is 0 Å². The van der Waals surface area contributed by atoms with E-state index in [0.29, 0.717) is 0 Å². The highest BCUT2D eigenvalue weighted by molar-refractivity contribution is 6.16. The van der Waals surface area contributed by atoms with Gasteiger partial charge in [0.25, 0.3) is 0 Å². The van der Waals surface area contributed by atoms with Crippen LogP contribution < -0.4 is 9.80 Å². The molecule has 11 aromatic rings. The summed E-state index contributed by atoms with van der Waals surface area (Å²) in [6.07, 6.45) is 0. The van der Waals surface area contributed by atoms with Crippen molar-refractivity contribution < 1.29 is 4.42 Å². The fraction of sp³-hybridized carbons (Fsp3) is 0.0164. The average molecular weight is 817 g/mol. The summed E-state index contributed by atoms with van der Waals surface area (Å²) in [5.41, 5.74) is 19.8. The Bertz CT molecular complexity index is 3330. The fourth-order valence-electron chi connectivity index (χ4n) is 10.9. The van der Waals surface area contributed by atoms with E-state index >= 15 is 0 Å². The van der Waals surface area contributed by atoms with Gasteiger partial charge in [0.2, 0.25) is 0 Å². The summed E-state index contributed by atoms with van der Waals surface area (Å²) < 4.78 is 6.67. The summed E-state index contributed by atoms with van der Waals surface area (Å²) in [6.45, 7) is 0. The Morgan fingerprint density at radius 1 is 0.281 bits per heavy atom. The molecule has 10 aromatic carbocycles. The standard InChI is InChI=1S/C61H40N2O/c1-5-19-41(20-6-1)62(42-21-7-2-8-22-42)45-33-35-49-47-27-13-14-28-48(47)50-36-34-46(63(43-23-9-3-10-24-43)44-25-11-4-12-26-44)40-56(50)61(55(49)39-45)53-31-17-15-29-51(53)59-54(61)37-38-58-60(59)52-30-16-18-32-57(52)64-58/h1-40H. The first kappa shape index (κ1) is 36.3. The average Bonchev–Trinajstić information content (AvgIpc) is 3.86. The van der Waals surface area contributed by atoms with E-state index in [1.54, 1.807) is 0 Å². The maximum atomic E-state index is 6.67. The van der Waals surface area contributed by atoms with Crippen LogP contribution in [0.4, 0.5) is 34.1 Å². The van der Waals surface area contributed by atoms with Crippen molar-refractivity contribution >= 4 is 56.1 Å². The molecule has 13 rings (SSSR count). The van der Waals surface area contributed by atoms with Crippen molar-refractivity contribution in [1.82, 2.24) is 0 Å². The second-order valence-corrected chi connectivity index (χ2v) is 16.8. The molecule has 0 N–H and O–H groups in total. The van der Waals surface area contributed by atoms with Crippen LogP contribution in [-0.2, 0) is 5.41 Å². The molecule has 0 unspecified atom stereocenters. The third-order valence-corrected chi connectivity index (χ3v) is 13.4. The van der Waals surface area contributed by atoms with E-state index in [1.165, 1.54) is 55.6 Å². The van der Waals surface area contributed by atoms with Crippen LogP contribution in [0.1, 0.15) is 22.3 Å². The first-order valence-electron chi connectivity index (χ1n) is 22.0. The second kappa shape index (κ2) is 14.3. The van der Waals surface area contributed by atoms with Crippen LogP contribution in [0.5, 0.6) is 0 Å². The number of anilines is 6. The van der Waals surface area contributed by atoms with Crippen LogP contribution in [0.3, 0.4) is 0 Å². The monoisotopic (exact) mass is 816 g/mol. The number of hydrogen-bond donors (Lipinski definition) is 0. The lowest BCUT2D eigenvalue weighted by Crippen LogP contribution is -2.30. The Morgan fingerprint density at radius 2 is 0.719 bits per heavy atom. The van der Waals surface area contributed by atoms with Gasteiger partial charge in [-0.1, -0.05) is 158 Å². The third kappa shape index (κ3) is 5.28. The molecule has 3 heteroatoms. The van der Waals surface area contributed by atoms with Crippen LogP contribution >= 0.6 is 0 Å². The predicted octanol–water partition coefficient (Wildman–Crippen LogP) is 16.5. The van der Waals surface area contributed by atoms with Crippen molar-refractivity contribution in [1.29, 1.82) is 0 Å². The lowest BCUT2D eigenvalue weighted by atomic mass is 9.65. The van der Waals surface area contributed by atoms with Crippen molar-refractivity contribution in [2.45, 2.75) is 5.41 Å². The summed E-state index contributed by atoms with van der Waals surface area (Å²) in [5, 5.41) is 2.28. The van der Waals surface area contributed by atoms with Crippen LogP contribution in [0.25, 0.3) is 55.3 Å². The maximum Gasteiger partial charge on any atom is 0.136 e. The molecule has 1 spiro atoms. The molecule has 0 saturated carbocycles. The highest BCUT2D eigenvalue weighted by atomic mass is 16.3. The number of nitrogens with zero attached hydrogens (tertiary/aromatic N) is 2. The molecule has 1 aromatic heterocycles. The number of para-hydroxylation sites is 5. The number of benzene rings is 10. The molecule has 0 atom stereocenters. The van der Waals surface area contributed by atoms with Gasteiger partial charge in [0.05, 0.1) is 5.41 Å². The zero-order valence-corrected chi connectivity index (χ0v) is 34.9. The fourth-order valence-corrected chi connectivity index (χ4v) is 10.9. The lowest BCUT2D eigenvalue weighted by Gasteiger charge is -2.37. The van der Waals surface area contributed by atoms with Crippen molar-refractivity contribution in [3.63, 3.8) is 0 Å². The Balaban J connectivity index is 1.21. The quantitative estimate of drug-likeness (QED) is 0.167. The Labute approximate surface area is 372 Å². The topological polar surface area (TPSA) is 19.6 Å². The van der Waals surface area contributed by atoms with E-state index in [9.17, 15) is 0 Å².